The fraction of sp³-hybridized carbons (Fsp3) is 0.333. The Morgan fingerprint density at radius 3 is 2.70 bits per heavy atom. The van der Waals surface area contributed by atoms with Crippen LogP contribution in [0.2, 0.25) is 0 Å². The molecule has 2 heterocycles. The van der Waals surface area contributed by atoms with Crippen LogP contribution in [0.3, 0.4) is 0 Å². The van der Waals surface area contributed by atoms with Gasteiger partial charge in [0.2, 0.25) is 5.91 Å². The Hall–Kier alpha value is -3.07. The Bertz CT molecular complexity index is 1160. The summed E-state index contributed by atoms with van der Waals surface area (Å²) < 4.78 is 27.5. The number of halogens is 2. The molecule has 0 spiro atoms. The molecule has 172 valence electrons. The lowest BCUT2D eigenvalue weighted by atomic mass is 10.0. The number of nitrogens with one attached hydrogen (secondary N) is 1. The maximum atomic E-state index is 14.0. The smallest absolute Gasteiger partial charge is 0.259 e. The van der Waals surface area contributed by atoms with Crippen molar-refractivity contribution < 1.29 is 18.4 Å². The van der Waals surface area contributed by atoms with Crippen LogP contribution in [-0.2, 0) is 9.59 Å². The van der Waals surface area contributed by atoms with Crippen molar-refractivity contribution in [2.45, 2.75) is 44.9 Å². The third kappa shape index (κ3) is 4.68. The molecule has 0 aliphatic carbocycles. The van der Waals surface area contributed by atoms with Crippen molar-refractivity contribution in [1.29, 1.82) is 0 Å². The van der Waals surface area contributed by atoms with Gasteiger partial charge in [0.15, 0.2) is 5.17 Å². The van der Waals surface area contributed by atoms with Crippen molar-refractivity contribution in [3.8, 4) is 0 Å². The summed E-state index contributed by atoms with van der Waals surface area (Å²) in [5.74, 6) is -1.24. The number of fused-ring (bicyclic) bond motifs is 3. The highest BCUT2D eigenvalue weighted by Crippen LogP contribution is 2.36. The molecule has 0 saturated heterocycles. The van der Waals surface area contributed by atoms with Crippen molar-refractivity contribution in [3.63, 3.8) is 0 Å². The van der Waals surface area contributed by atoms with E-state index in [0.29, 0.717) is 29.5 Å². The van der Waals surface area contributed by atoms with E-state index in [9.17, 15) is 18.4 Å². The number of aliphatic imine (C=N–C) groups is 2. The van der Waals surface area contributed by atoms with Crippen molar-refractivity contribution >= 4 is 46.0 Å². The van der Waals surface area contributed by atoms with Crippen LogP contribution in [0.4, 0.5) is 20.2 Å². The SMILES string of the molecule is CC[C@H](SC1=Nc2ccccc2C2=N[C@H](CC(C)C)C(=O)N12)C(=O)Nc1cc(F)ccc1F. The number of anilines is 1. The van der Waals surface area contributed by atoms with Crippen LogP contribution in [0.25, 0.3) is 0 Å². The average molecular weight is 471 g/mol. The molecule has 2 aromatic rings. The molecule has 0 aromatic heterocycles. The number of para-hydroxylation sites is 1. The topological polar surface area (TPSA) is 74.1 Å². The fourth-order valence-corrected chi connectivity index (χ4v) is 4.76. The van der Waals surface area contributed by atoms with Gasteiger partial charge in [0.05, 0.1) is 16.6 Å². The molecule has 1 N–H and O–H groups in total. The molecule has 2 atom stereocenters. The molecular formula is C24H24F2N4O2S. The number of carbonyl (C=O) groups excluding carboxylic acids is 2. The molecule has 0 fully saturated rings. The number of hydrogen-bond donors (Lipinski definition) is 1. The van der Waals surface area contributed by atoms with Gasteiger partial charge in [-0.2, -0.15) is 0 Å². The highest BCUT2D eigenvalue weighted by Gasteiger charge is 2.42. The van der Waals surface area contributed by atoms with Gasteiger partial charge >= 0.3 is 0 Å². The molecule has 4 rings (SSSR count). The Morgan fingerprint density at radius 2 is 1.97 bits per heavy atom. The first-order valence-electron chi connectivity index (χ1n) is 10.8. The van der Waals surface area contributed by atoms with Gasteiger partial charge in [-0.25, -0.2) is 18.7 Å². The summed E-state index contributed by atoms with van der Waals surface area (Å²) in [7, 11) is 0. The molecule has 33 heavy (non-hydrogen) atoms. The van der Waals surface area contributed by atoms with Crippen molar-refractivity contribution in [2.75, 3.05) is 5.32 Å². The molecule has 2 aromatic carbocycles. The molecule has 2 aliphatic rings. The molecule has 0 bridgehead atoms. The van der Waals surface area contributed by atoms with Crippen molar-refractivity contribution in [3.05, 3.63) is 59.7 Å². The summed E-state index contributed by atoms with van der Waals surface area (Å²) >= 11 is 1.11. The van der Waals surface area contributed by atoms with Crippen molar-refractivity contribution in [1.82, 2.24) is 4.90 Å². The third-order valence-electron chi connectivity index (χ3n) is 5.34. The molecule has 9 heteroatoms. The first kappa shape index (κ1) is 23.1. The Morgan fingerprint density at radius 1 is 1.21 bits per heavy atom. The normalized spacial score (nSPS) is 17.9. The van der Waals surface area contributed by atoms with E-state index < -0.39 is 28.8 Å². The van der Waals surface area contributed by atoms with E-state index >= 15 is 0 Å². The molecule has 0 unspecified atom stereocenters. The van der Waals surface area contributed by atoms with E-state index in [1.807, 2.05) is 38.1 Å². The zero-order chi connectivity index (χ0) is 23.7. The van der Waals surface area contributed by atoms with Crippen molar-refractivity contribution in [2.24, 2.45) is 15.9 Å². The maximum Gasteiger partial charge on any atom is 0.259 e. The van der Waals surface area contributed by atoms with E-state index in [-0.39, 0.29) is 17.5 Å². The second kappa shape index (κ2) is 9.43. The molecule has 0 radical (unpaired) electrons. The lowest BCUT2D eigenvalue weighted by Crippen LogP contribution is -2.42. The van der Waals surface area contributed by atoms with E-state index in [2.05, 4.69) is 10.3 Å². The maximum absolute atomic E-state index is 14.0. The number of amides is 2. The summed E-state index contributed by atoms with van der Waals surface area (Å²) in [6, 6.07) is 9.79. The second-order valence-corrected chi connectivity index (χ2v) is 9.48. The summed E-state index contributed by atoms with van der Waals surface area (Å²) in [5, 5.41) is 2.12. The summed E-state index contributed by atoms with van der Waals surface area (Å²) in [6.45, 7) is 5.87. The van der Waals surface area contributed by atoms with Crippen LogP contribution in [0.15, 0.2) is 52.4 Å². The van der Waals surface area contributed by atoms with Gasteiger partial charge in [0, 0.05) is 11.6 Å². The highest BCUT2D eigenvalue weighted by atomic mass is 32.2. The third-order valence-corrected chi connectivity index (χ3v) is 6.66. The summed E-state index contributed by atoms with van der Waals surface area (Å²) in [6.07, 6.45) is 0.994. The van der Waals surface area contributed by atoms with Gasteiger partial charge in [-0.05, 0) is 43.0 Å². The van der Waals surface area contributed by atoms with E-state index in [0.717, 1.165) is 35.5 Å². The summed E-state index contributed by atoms with van der Waals surface area (Å²) in [5.41, 5.74) is 1.20. The second-order valence-electron chi connectivity index (χ2n) is 8.31. The number of hydrogen-bond acceptors (Lipinski definition) is 5. The zero-order valence-corrected chi connectivity index (χ0v) is 19.3. The van der Waals surface area contributed by atoms with Gasteiger partial charge in [-0.3, -0.25) is 14.6 Å². The van der Waals surface area contributed by atoms with Crippen LogP contribution in [0, 0.1) is 17.6 Å². The minimum absolute atomic E-state index is 0.175. The fourth-order valence-electron chi connectivity index (χ4n) is 3.74. The van der Waals surface area contributed by atoms with Crippen LogP contribution in [0.1, 0.15) is 39.2 Å². The lowest BCUT2D eigenvalue weighted by molar-refractivity contribution is -0.125. The van der Waals surface area contributed by atoms with Crippen LogP contribution in [0.5, 0.6) is 0 Å². The molecule has 6 nitrogen and oxygen atoms in total. The first-order valence-corrected chi connectivity index (χ1v) is 11.7. The summed E-state index contributed by atoms with van der Waals surface area (Å²) in [4.78, 5) is 37.0. The number of carbonyl (C=O) groups is 2. The van der Waals surface area contributed by atoms with Crippen LogP contribution in [-0.4, -0.2) is 39.0 Å². The monoisotopic (exact) mass is 470 g/mol. The predicted molar refractivity (Wildman–Crippen MR) is 127 cm³/mol. The van der Waals surface area contributed by atoms with E-state index in [4.69, 9.17) is 4.99 Å². The predicted octanol–water partition coefficient (Wildman–Crippen LogP) is 5.12. The van der Waals surface area contributed by atoms with Gasteiger partial charge in [0.1, 0.15) is 23.5 Å². The Kier molecular flexibility index (Phi) is 6.60. The molecule has 0 saturated carbocycles. The lowest BCUT2D eigenvalue weighted by Gasteiger charge is -2.27. The Balaban J connectivity index is 1.62. The molecule has 2 amide bonds. The van der Waals surface area contributed by atoms with Gasteiger partial charge in [-0.1, -0.05) is 44.7 Å². The van der Waals surface area contributed by atoms with Gasteiger partial charge in [0.25, 0.3) is 5.91 Å². The Labute approximate surface area is 195 Å². The van der Waals surface area contributed by atoms with Gasteiger partial charge < -0.3 is 5.32 Å². The largest absolute Gasteiger partial charge is 0.323 e. The minimum Gasteiger partial charge on any atom is -0.323 e. The zero-order valence-electron chi connectivity index (χ0n) is 18.5. The highest BCUT2D eigenvalue weighted by molar-refractivity contribution is 8.15. The van der Waals surface area contributed by atoms with Crippen LogP contribution < -0.4 is 5.32 Å². The van der Waals surface area contributed by atoms with Gasteiger partial charge in [-0.15, -0.1) is 0 Å². The number of rotatable bonds is 6. The number of thioether (sulfide) groups is 1. The van der Waals surface area contributed by atoms with E-state index in [1.54, 1.807) is 6.92 Å². The van der Waals surface area contributed by atoms with Crippen LogP contribution >= 0.6 is 11.8 Å². The number of nitrogens with zero attached hydrogens (tertiary/aromatic N) is 3. The standard InChI is InChI=1S/C24H24F2N4O2S/c1-4-20(22(31)28-18-12-14(25)9-10-16(18)26)33-24-29-17-8-6-5-7-15(17)21-27-19(11-13(2)3)23(32)30(21)24/h5-10,12-13,19-20H,4,11H2,1-3H3,(H,28,31)/t19-,20+/m1/s1. The number of amidine groups is 2. The minimum atomic E-state index is -0.728. The molecule has 2 aliphatic heterocycles. The average Bonchev–Trinajstić information content (AvgIpc) is 3.10. The van der Waals surface area contributed by atoms with E-state index in [1.165, 1.54) is 4.90 Å². The number of benzene rings is 2. The quantitative estimate of drug-likeness (QED) is 0.637. The first-order chi connectivity index (χ1) is 15.8. The molecular weight excluding hydrogens is 446 g/mol.